The number of allylic oxidation sites excluding steroid dienone is 1. The van der Waals surface area contributed by atoms with Gasteiger partial charge in [0.15, 0.2) is 0 Å². The van der Waals surface area contributed by atoms with Crippen molar-refractivity contribution in [1.29, 1.82) is 0 Å². The minimum absolute atomic E-state index is 0.205. The van der Waals surface area contributed by atoms with Crippen molar-refractivity contribution in [2.45, 2.75) is 20.8 Å². The standard InChI is InChI=1S/C29H26O7/c1-18(2)29(32)36-27-17-25(14-15-26(27)22-8-10-23(33-5)11-9-22)35-28(31)16-19(3)21-6-12-24(13-7-21)34-20(4)30/h6-17H,1H2,2-5H3/b19-16+. The van der Waals surface area contributed by atoms with E-state index in [2.05, 4.69) is 6.58 Å². The minimum atomic E-state index is -0.606. The van der Waals surface area contributed by atoms with Crippen LogP contribution in [0.3, 0.4) is 0 Å². The Balaban J connectivity index is 1.83. The van der Waals surface area contributed by atoms with Gasteiger partial charge in [-0.3, -0.25) is 4.79 Å². The Morgan fingerprint density at radius 2 is 1.36 bits per heavy atom. The topological polar surface area (TPSA) is 88.1 Å². The van der Waals surface area contributed by atoms with E-state index in [0.717, 1.165) is 11.1 Å². The molecule has 3 rings (SSSR count). The van der Waals surface area contributed by atoms with Crippen molar-refractivity contribution < 1.29 is 33.3 Å². The van der Waals surface area contributed by atoms with Gasteiger partial charge >= 0.3 is 17.9 Å². The molecule has 36 heavy (non-hydrogen) atoms. The maximum absolute atomic E-state index is 12.6. The monoisotopic (exact) mass is 486 g/mol. The lowest BCUT2D eigenvalue weighted by molar-refractivity contribution is -0.132. The number of carbonyl (C=O) groups is 3. The molecule has 0 aliphatic heterocycles. The average molecular weight is 487 g/mol. The van der Waals surface area contributed by atoms with E-state index in [1.807, 2.05) is 12.1 Å². The maximum Gasteiger partial charge on any atom is 0.338 e. The maximum atomic E-state index is 12.6. The predicted octanol–water partition coefficient (Wildman–Crippen LogP) is 5.78. The fourth-order valence-corrected chi connectivity index (χ4v) is 3.20. The minimum Gasteiger partial charge on any atom is -0.497 e. The molecule has 0 fully saturated rings. The molecule has 7 heteroatoms. The van der Waals surface area contributed by atoms with Crippen molar-refractivity contribution in [3.63, 3.8) is 0 Å². The second kappa shape index (κ2) is 11.7. The van der Waals surface area contributed by atoms with Gasteiger partial charge in [0, 0.05) is 30.2 Å². The summed E-state index contributed by atoms with van der Waals surface area (Å²) in [6.45, 7) is 8.25. The molecule has 3 aromatic carbocycles. The third-order valence-corrected chi connectivity index (χ3v) is 5.03. The molecule has 0 N–H and O–H groups in total. The highest BCUT2D eigenvalue weighted by Crippen LogP contribution is 2.35. The molecule has 0 atom stereocenters. The first-order valence-corrected chi connectivity index (χ1v) is 11.0. The Kier molecular flexibility index (Phi) is 8.41. The quantitative estimate of drug-likeness (QED) is 0.227. The third kappa shape index (κ3) is 6.93. The van der Waals surface area contributed by atoms with Gasteiger partial charge in [0.05, 0.1) is 7.11 Å². The number of benzene rings is 3. The van der Waals surface area contributed by atoms with Gasteiger partial charge < -0.3 is 18.9 Å². The van der Waals surface area contributed by atoms with Crippen LogP contribution in [0.2, 0.25) is 0 Å². The molecule has 0 aromatic heterocycles. The summed E-state index contributed by atoms with van der Waals surface area (Å²) < 4.78 is 21.2. The summed E-state index contributed by atoms with van der Waals surface area (Å²) in [5.74, 6) is -0.0864. The summed E-state index contributed by atoms with van der Waals surface area (Å²) in [5.41, 5.74) is 3.06. The van der Waals surface area contributed by atoms with E-state index in [-0.39, 0.29) is 17.1 Å². The number of hydrogen-bond donors (Lipinski definition) is 0. The summed E-state index contributed by atoms with van der Waals surface area (Å²) in [7, 11) is 1.58. The van der Waals surface area contributed by atoms with Crippen LogP contribution in [0.4, 0.5) is 0 Å². The van der Waals surface area contributed by atoms with Gasteiger partial charge in [-0.25, -0.2) is 9.59 Å². The zero-order valence-corrected chi connectivity index (χ0v) is 20.5. The van der Waals surface area contributed by atoms with Gasteiger partial charge in [0.1, 0.15) is 23.0 Å². The van der Waals surface area contributed by atoms with E-state index < -0.39 is 17.9 Å². The number of methoxy groups -OCH3 is 1. The first kappa shape index (κ1) is 26.0. The highest BCUT2D eigenvalue weighted by molar-refractivity contribution is 5.93. The summed E-state index contributed by atoms with van der Waals surface area (Å²) in [5, 5.41) is 0. The molecular formula is C29H26O7. The Labute approximate surface area is 209 Å². The molecule has 3 aromatic rings. The smallest absolute Gasteiger partial charge is 0.338 e. The third-order valence-electron chi connectivity index (χ3n) is 5.03. The fraction of sp³-hybridized carbons (Fsp3) is 0.138. The van der Waals surface area contributed by atoms with Crippen LogP contribution in [0, 0.1) is 0 Å². The zero-order valence-electron chi connectivity index (χ0n) is 20.5. The lowest BCUT2D eigenvalue weighted by atomic mass is 10.0. The van der Waals surface area contributed by atoms with E-state index >= 15 is 0 Å². The van der Waals surface area contributed by atoms with E-state index in [9.17, 15) is 14.4 Å². The van der Waals surface area contributed by atoms with Crippen LogP contribution in [-0.2, 0) is 14.4 Å². The van der Waals surface area contributed by atoms with Gasteiger partial charge in [-0.2, -0.15) is 0 Å². The van der Waals surface area contributed by atoms with Gasteiger partial charge in [0.25, 0.3) is 0 Å². The number of rotatable bonds is 8. The van der Waals surface area contributed by atoms with Gasteiger partial charge in [-0.1, -0.05) is 30.8 Å². The largest absolute Gasteiger partial charge is 0.497 e. The van der Waals surface area contributed by atoms with Crippen LogP contribution < -0.4 is 18.9 Å². The van der Waals surface area contributed by atoms with Gasteiger partial charge in [-0.15, -0.1) is 0 Å². The molecule has 0 saturated carbocycles. The molecule has 0 saturated heterocycles. The summed E-state index contributed by atoms with van der Waals surface area (Å²) >= 11 is 0. The van der Waals surface area contributed by atoms with Crippen LogP contribution in [0.1, 0.15) is 26.3 Å². The van der Waals surface area contributed by atoms with Crippen LogP contribution in [-0.4, -0.2) is 25.0 Å². The first-order valence-electron chi connectivity index (χ1n) is 11.0. The number of hydrogen-bond acceptors (Lipinski definition) is 7. The fourth-order valence-electron chi connectivity index (χ4n) is 3.20. The molecule has 0 heterocycles. The average Bonchev–Trinajstić information content (AvgIpc) is 2.84. The molecule has 0 aliphatic rings. The Morgan fingerprint density at radius 1 is 0.750 bits per heavy atom. The van der Waals surface area contributed by atoms with Crippen molar-refractivity contribution in [1.82, 2.24) is 0 Å². The molecule has 0 bridgehead atoms. The summed E-state index contributed by atoms with van der Waals surface area (Å²) in [6, 6.07) is 18.8. The molecule has 0 spiro atoms. The highest BCUT2D eigenvalue weighted by atomic mass is 16.5. The molecule has 0 radical (unpaired) electrons. The second-order valence-corrected chi connectivity index (χ2v) is 7.92. The number of ether oxygens (including phenoxy) is 4. The SMILES string of the molecule is C=C(C)C(=O)Oc1cc(OC(=O)/C=C(\C)c2ccc(OC(C)=O)cc2)ccc1-c1ccc(OC)cc1. The number of esters is 3. The predicted molar refractivity (Wildman–Crippen MR) is 136 cm³/mol. The molecule has 0 aliphatic carbocycles. The normalized spacial score (nSPS) is 10.8. The lowest BCUT2D eigenvalue weighted by Gasteiger charge is -2.13. The van der Waals surface area contributed by atoms with E-state index in [4.69, 9.17) is 18.9 Å². The zero-order chi connectivity index (χ0) is 26.2. The van der Waals surface area contributed by atoms with Crippen molar-refractivity contribution >= 4 is 23.5 Å². The Morgan fingerprint density at radius 3 is 1.94 bits per heavy atom. The summed E-state index contributed by atoms with van der Waals surface area (Å²) in [6.07, 6.45) is 1.35. The van der Waals surface area contributed by atoms with Gasteiger partial charge in [0.2, 0.25) is 0 Å². The second-order valence-electron chi connectivity index (χ2n) is 7.92. The summed E-state index contributed by atoms with van der Waals surface area (Å²) in [4.78, 5) is 35.9. The molecule has 0 amide bonds. The van der Waals surface area contributed by atoms with Crippen LogP contribution in [0.25, 0.3) is 16.7 Å². The Hall–Kier alpha value is -4.65. The molecule has 7 nitrogen and oxygen atoms in total. The van der Waals surface area contributed by atoms with E-state index in [1.54, 1.807) is 69.5 Å². The van der Waals surface area contributed by atoms with Crippen LogP contribution in [0.5, 0.6) is 23.0 Å². The first-order chi connectivity index (χ1) is 17.2. The lowest BCUT2D eigenvalue weighted by Crippen LogP contribution is -2.10. The van der Waals surface area contributed by atoms with Crippen molar-refractivity contribution in [2.75, 3.05) is 7.11 Å². The molecular weight excluding hydrogens is 460 g/mol. The van der Waals surface area contributed by atoms with Crippen molar-refractivity contribution in [3.05, 3.63) is 90.5 Å². The van der Waals surface area contributed by atoms with E-state index in [0.29, 0.717) is 22.6 Å². The molecule has 184 valence electrons. The Bertz CT molecular complexity index is 1320. The van der Waals surface area contributed by atoms with Gasteiger partial charge in [-0.05, 0) is 66.9 Å². The highest BCUT2D eigenvalue weighted by Gasteiger charge is 2.15. The van der Waals surface area contributed by atoms with Crippen LogP contribution >= 0.6 is 0 Å². The van der Waals surface area contributed by atoms with E-state index in [1.165, 1.54) is 19.1 Å². The van der Waals surface area contributed by atoms with Crippen molar-refractivity contribution in [3.8, 4) is 34.1 Å². The molecule has 0 unspecified atom stereocenters. The van der Waals surface area contributed by atoms with Crippen LogP contribution in [0.15, 0.2) is 85.0 Å². The number of carbonyl (C=O) groups excluding carboxylic acids is 3. The van der Waals surface area contributed by atoms with Crippen molar-refractivity contribution in [2.24, 2.45) is 0 Å².